The maximum Gasteiger partial charge on any atom is 0.474 e. The molecule has 0 saturated carbocycles. The minimum atomic E-state index is -4.07. The van der Waals surface area contributed by atoms with Crippen LogP contribution in [0.2, 0.25) is 0 Å². The molecular weight excluding hydrogens is 818 g/mol. The summed E-state index contributed by atoms with van der Waals surface area (Å²) in [7, 11) is -4.04. The summed E-state index contributed by atoms with van der Waals surface area (Å²) in [5, 5.41) is 5.77. The van der Waals surface area contributed by atoms with Gasteiger partial charge in [-0.05, 0) is 12.8 Å². The highest BCUT2D eigenvalue weighted by atomic mass is 31.2. The smallest absolute Gasteiger partial charge is 0.377 e. The third-order valence-corrected chi connectivity index (χ3v) is 13.9. The Morgan fingerprint density at radius 2 is 0.689 bits per heavy atom. The molecule has 0 aliphatic carbocycles. The number of hydrogen-bond donors (Lipinski definition) is 2. The number of rotatable bonds is 49. The van der Waals surface area contributed by atoms with Crippen molar-refractivity contribution in [2.45, 2.75) is 225 Å². The second-order valence-corrected chi connectivity index (χ2v) is 20.1. The van der Waals surface area contributed by atoms with Gasteiger partial charge in [-0.3, -0.25) is 36.7 Å². The summed E-state index contributed by atoms with van der Waals surface area (Å²) in [6, 6.07) is 0. The lowest BCUT2D eigenvalue weighted by Gasteiger charge is -2.23. The zero-order valence-electron chi connectivity index (χ0n) is 39.8. The molecule has 0 aromatic heterocycles. The van der Waals surface area contributed by atoms with Gasteiger partial charge in [-0.15, -0.1) is 0 Å². The molecular formula is C46H94N2O11P2. The summed E-state index contributed by atoms with van der Waals surface area (Å²) in [4.78, 5) is 25.5. The van der Waals surface area contributed by atoms with E-state index in [4.69, 9.17) is 31.9 Å². The van der Waals surface area contributed by atoms with Crippen molar-refractivity contribution in [3.05, 3.63) is 0 Å². The van der Waals surface area contributed by atoms with E-state index >= 15 is 0 Å². The Morgan fingerprint density at radius 1 is 0.410 bits per heavy atom. The van der Waals surface area contributed by atoms with E-state index in [0.29, 0.717) is 12.8 Å². The Balaban J connectivity index is 4.57. The number of phosphoric ester groups is 2. The van der Waals surface area contributed by atoms with Crippen LogP contribution in [0.15, 0.2) is 0 Å². The number of ether oxygens (including phenoxy) is 1. The summed E-state index contributed by atoms with van der Waals surface area (Å²) in [6.45, 7) is 4.45. The number of hydrogen-bond acceptors (Lipinski definition) is 11. The minimum Gasteiger partial charge on any atom is -0.377 e. The molecule has 1 unspecified atom stereocenters. The van der Waals surface area contributed by atoms with Crippen molar-refractivity contribution in [3.8, 4) is 0 Å². The average molecular weight is 913 g/mol. The van der Waals surface area contributed by atoms with Crippen molar-refractivity contribution in [1.29, 1.82) is 0 Å². The van der Waals surface area contributed by atoms with Gasteiger partial charge in [0.05, 0.1) is 26.4 Å². The first kappa shape index (κ1) is 60.1. The molecule has 0 aliphatic heterocycles. The van der Waals surface area contributed by atoms with Crippen LogP contribution in [0.5, 0.6) is 0 Å². The van der Waals surface area contributed by atoms with Gasteiger partial charge in [-0.2, -0.15) is 0 Å². The minimum absolute atomic E-state index is 0.0149. The number of nitrogens with one attached hydrogen (secondary N) is 2. The van der Waals surface area contributed by atoms with Gasteiger partial charge in [-0.25, -0.2) is 9.13 Å². The zero-order chi connectivity index (χ0) is 45.0. The molecule has 61 heavy (non-hydrogen) atoms. The lowest BCUT2D eigenvalue weighted by Crippen LogP contribution is -2.41. The first-order valence-electron chi connectivity index (χ1n) is 24.6. The van der Waals surface area contributed by atoms with Crippen LogP contribution in [0.4, 0.5) is 0 Å². The normalized spacial score (nSPS) is 12.9. The highest BCUT2D eigenvalue weighted by Crippen LogP contribution is 2.49. The lowest BCUT2D eigenvalue weighted by atomic mass is 10.0. The van der Waals surface area contributed by atoms with Gasteiger partial charge in [0.25, 0.3) is 0 Å². The fourth-order valence-electron chi connectivity index (χ4n) is 7.10. The molecule has 13 nitrogen and oxygen atoms in total. The fraction of sp³-hybridized carbons (Fsp3) is 0.957. The molecule has 0 spiro atoms. The van der Waals surface area contributed by atoms with Gasteiger partial charge >= 0.3 is 15.6 Å². The zero-order valence-corrected chi connectivity index (χ0v) is 41.6. The van der Waals surface area contributed by atoms with Gasteiger partial charge in [0.15, 0.2) is 0 Å². The van der Waals surface area contributed by atoms with Crippen LogP contribution >= 0.6 is 15.6 Å². The molecule has 0 fully saturated rings. The molecule has 0 bridgehead atoms. The number of carbonyl (C=O) groups excluding carboxylic acids is 2. The quantitative estimate of drug-likeness (QED) is 0.0442. The second-order valence-electron chi connectivity index (χ2n) is 16.5. The molecule has 0 saturated heterocycles. The van der Waals surface area contributed by atoms with E-state index in [9.17, 15) is 18.7 Å². The van der Waals surface area contributed by atoms with Crippen LogP contribution < -0.4 is 10.6 Å². The SMILES string of the molecule is CCCCCCCCCCCCCCCCCC(=O)NCC(CNC(=O)CCCCCCCCCCCCCCCCC)OP(=O)(OC)OCCOCCOP(=O)(OC)OC. The van der Waals surface area contributed by atoms with Gasteiger partial charge in [0, 0.05) is 47.3 Å². The molecule has 0 radical (unpaired) electrons. The molecule has 15 heteroatoms. The summed E-state index contributed by atoms with van der Waals surface area (Å²) < 4.78 is 61.6. The largest absolute Gasteiger partial charge is 0.474 e. The van der Waals surface area contributed by atoms with Crippen LogP contribution in [0.1, 0.15) is 219 Å². The first-order valence-corrected chi connectivity index (χ1v) is 27.6. The third kappa shape index (κ3) is 40.4. The van der Waals surface area contributed by atoms with E-state index in [1.54, 1.807) is 0 Å². The average Bonchev–Trinajstić information content (AvgIpc) is 3.26. The van der Waals surface area contributed by atoms with Gasteiger partial charge in [0.2, 0.25) is 11.8 Å². The van der Waals surface area contributed by atoms with Crippen LogP contribution in [0.25, 0.3) is 0 Å². The van der Waals surface area contributed by atoms with Gasteiger partial charge in [0.1, 0.15) is 6.10 Å². The molecule has 2 N–H and O–H groups in total. The predicted molar refractivity (Wildman–Crippen MR) is 249 cm³/mol. The van der Waals surface area contributed by atoms with E-state index in [0.717, 1.165) is 38.5 Å². The maximum atomic E-state index is 13.4. The molecule has 0 heterocycles. The Morgan fingerprint density at radius 3 is 0.984 bits per heavy atom. The van der Waals surface area contributed by atoms with Crippen molar-refractivity contribution in [1.82, 2.24) is 10.6 Å². The highest BCUT2D eigenvalue weighted by molar-refractivity contribution is 7.48. The Kier molecular flexibility index (Phi) is 43.7. The van der Waals surface area contributed by atoms with Crippen molar-refractivity contribution in [3.63, 3.8) is 0 Å². The van der Waals surface area contributed by atoms with E-state index in [1.165, 1.54) is 175 Å². The highest BCUT2D eigenvalue weighted by Gasteiger charge is 2.30. The van der Waals surface area contributed by atoms with Gasteiger partial charge < -0.3 is 15.4 Å². The molecule has 2 amide bonds. The number of carbonyl (C=O) groups is 2. The lowest BCUT2D eigenvalue weighted by molar-refractivity contribution is -0.121. The van der Waals surface area contributed by atoms with E-state index < -0.39 is 21.7 Å². The fourth-order valence-corrected chi connectivity index (χ4v) is 8.82. The van der Waals surface area contributed by atoms with Crippen molar-refractivity contribution in [2.24, 2.45) is 0 Å². The molecule has 1 atom stereocenters. The monoisotopic (exact) mass is 913 g/mol. The third-order valence-electron chi connectivity index (χ3n) is 11.0. The van der Waals surface area contributed by atoms with Crippen molar-refractivity contribution >= 4 is 27.5 Å². The first-order chi connectivity index (χ1) is 29.7. The van der Waals surface area contributed by atoms with E-state index in [1.807, 2.05) is 0 Å². The topological polar surface area (TPSA) is 157 Å². The summed E-state index contributed by atoms with van der Waals surface area (Å²) in [5.74, 6) is -0.245. The Bertz CT molecular complexity index is 1030. The standard InChI is InChI=1S/C46H94N2O11P2/c1-6-8-10-12-14-16-18-20-22-24-26-28-30-32-34-36-45(49)47-42-44(59-61(52,55-5)58-41-39-56-38-40-57-60(51,53-3)54-4)43-48-46(50)37-35-33-31-29-27-25-23-21-19-17-15-13-11-9-7-2/h44H,6-43H2,1-5H3,(H,47,49)(H,48,50). The van der Waals surface area contributed by atoms with Crippen molar-refractivity contribution in [2.75, 3.05) is 60.8 Å². The molecule has 0 aromatic rings. The number of phosphoric acid groups is 2. The predicted octanol–water partition coefficient (Wildman–Crippen LogP) is 13.3. The summed E-state index contributed by atoms with van der Waals surface area (Å²) >= 11 is 0. The number of amides is 2. The van der Waals surface area contributed by atoms with Crippen LogP contribution in [-0.2, 0) is 50.6 Å². The van der Waals surface area contributed by atoms with E-state index in [-0.39, 0.29) is 51.3 Å². The summed E-state index contributed by atoms with van der Waals surface area (Å²) in [5.41, 5.74) is 0. The summed E-state index contributed by atoms with van der Waals surface area (Å²) in [6.07, 6.45) is 37.7. The van der Waals surface area contributed by atoms with Crippen LogP contribution in [-0.4, -0.2) is 78.8 Å². The second kappa shape index (κ2) is 44.3. The van der Waals surface area contributed by atoms with Crippen LogP contribution in [0.3, 0.4) is 0 Å². The molecule has 0 aliphatic rings. The molecule has 0 rings (SSSR count). The van der Waals surface area contributed by atoms with Crippen LogP contribution in [0, 0.1) is 0 Å². The van der Waals surface area contributed by atoms with Gasteiger partial charge in [-0.1, -0.05) is 194 Å². The van der Waals surface area contributed by atoms with E-state index in [2.05, 4.69) is 24.5 Å². The maximum absolute atomic E-state index is 13.4. The number of unbranched alkanes of at least 4 members (excludes halogenated alkanes) is 28. The molecule has 364 valence electrons. The van der Waals surface area contributed by atoms with Crippen molar-refractivity contribution < 1.29 is 50.6 Å². The Hall–Kier alpha value is -0.880. The molecule has 0 aromatic carbocycles. The Labute approximate surface area is 373 Å².